The first-order valence-corrected chi connectivity index (χ1v) is 3.95. The summed E-state index contributed by atoms with van der Waals surface area (Å²) in [7, 11) is 0. The first-order chi connectivity index (χ1) is 5.29. The van der Waals surface area contributed by atoms with Crippen molar-refractivity contribution in [3.63, 3.8) is 0 Å². The summed E-state index contributed by atoms with van der Waals surface area (Å²) in [6.45, 7) is 4.40. The summed E-state index contributed by atoms with van der Waals surface area (Å²) < 4.78 is 0. The average Bonchev–Trinajstić information content (AvgIpc) is 2.39. The Morgan fingerprint density at radius 2 is 2.45 bits per heavy atom. The van der Waals surface area contributed by atoms with Crippen LogP contribution in [0.5, 0.6) is 0 Å². The monoisotopic (exact) mass is 150 g/mol. The van der Waals surface area contributed by atoms with E-state index in [4.69, 9.17) is 0 Å². The van der Waals surface area contributed by atoms with E-state index in [-0.39, 0.29) is 0 Å². The molecule has 11 heavy (non-hydrogen) atoms. The second-order valence-electron chi connectivity index (χ2n) is 3.01. The van der Waals surface area contributed by atoms with E-state index in [1.165, 1.54) is 0 Å². The first-order valence-electron chi connectivity index (χ1n) is 3.95. The van der Waals surface area contributed by atoms with Crippen LogP contribution in [-0.4, -0.2) is 9.97 Å². The molecule has 0 bridgehead atoms. The van der Waals surface area contributed by atoms with Gasteiger partial charge in [-0.05, 0) is 18.4 Å². The van der Waals surface area contributed by atoms with Crippen molar-refractivity contribution < 1.29 is 0 Å². The Morgan fingerprint density at radius 1 is 1.64 bits per heavy atom. The van der Waals surface area contributed by atoms with E-state index >= 15 is 0 Å². The van der Waals surface area contributed by atoms with E-state index in [9.17, 15) is 0 Å². The molecule has 0 atom stereocenters. The number of aromatic nitrogens is 2. The molecular formula is C9H14N2. The molecule has 0 fully saturated rings. The Bertz CT molecular complexity index is 209. The maximum Gasteiger partial charge on any atom is 0.129 e. The lowest BCUT2D eigenvalue weighted by Gasteiger charge is -1.94. The van der Waals surface area contributed by atoms with Gasteiger partial charge in [0.05, 0.1) is 0 Å². The van der Waals surface area contributed by atoms with E-state index in [1.54, 1.807) is 6.20 Å². The summed E-state index contributed by atoms with van der Waals surface area (Å²) in [6, 6.07) is 0. The normalized spacial score (nSPS) is 11.5. The van der Waals surface area contributed by atoms with Gasteiger partial charge in [0.15, 0.2) is 0 Å². The van der Waals surface area contributed by atoms with Crippen molar-refractivity contribution in [2.45, 2.75) is 20.3 Å². The number of allylic oxidation sites excluding steroid dienone is 1. The van der Waals surface area contributed by atoms with Crippen LogP contribution in [0.4, 0.5) is 0 Å². The van der Waals surface area contributed by atoms with E-state index in [2.05, 4.69) is 29.9 Å². The molecule has 0 aliphatic carbocycles. The molecule has 0 radical (unpaired) electrons. The Hall–Kier alpha value is -1.05. The fourth-order valence-corrected chi connectivity index (χ4v) is 0.820. The van der Waals surface area contributed by atoms with Crippen molar-refractivity contribution in [1.29, 1.82) is 0 Å². The average molecular weight is 150 g/mol. The summed E-state index contributed by atoms with van der Waals surface area (Å²) in [5.74, 6) is 1.66. The molecule has 2 nitrogen and oxygen atoms in total. The Morgan fingerprint density at radius 3 is 3.00 bits per heavy atom. The van der Waals surface area contributed by atoms with Crippen LogP contribution < -0.4 is 0 Å². The Balaban J connectivity index is 2.37. The number of aromatic amines is 1. The third-order valence-corrected chi connectivity index (χ3v) is 1.40. The van der Waals surface area contributed by atoms with Crippen LogP contribution in [0.2, 0.25) is 0 Å². The summed E-state index contributed by atoms with van der Waals surface area (Å²) >= 11 is 0. The van der Waals surface area contributed by atoms with Gasteiger partial charge in [-0.3, -0.25) is 0 Å². The Labute approximate surface area is 67.4 Å². The lowest BCUT2D eigenvalue weighted by molar-refractivity contribution is 0.665. The molecule has 0 saturated carbocycles. The maximum atomic E-state index is 4.07. The topological polar surface area (TPSA) is 28.7 Å². The molecule has 2 heteroatoms. The molecule has 0 amide bonds. The smallest absolute Gasteiger partial charge is 0.129 e. The quantitative estimate of drug-likeness (QED) is 0.704. The summed E-state index contributed by atoms with van der Waals surface area (Å²) in [4.78, 5) is 7.08. The first kappa shape index (κ1) is 8.05. The molecule has 0 spiro atoms. The summed E-state index contributed by atoms with van der Waals surface area (Å²) in [5.41, 5.74) is 0. The van der Waals surface area contributed by atoms with Crippen molar-refractivity contribution >= 4 is 6.08 Å². The van der Waals surface area contributed by atoms with Gasteiger partial charge in [-0.25, -0.2) is 4.98 Å². The van der Waals surface area contributed by atoms with Crippen molar-refractivity contribution in [2.75, 3.05) is 0 Å². The Kier molecular flexibility index (Phi) is 2.90. The number of nitrogens with one attached hydrogen (secondary N) is 1. The molecule has 1 heterocycles. The number of H-pyrrole nitrogens is 1. The van der Waals surface area contributed by atoms with Crippen LogP contribution in [0.3, 0.4) is 0 Å². The van der Waals surface area contributed by atoms with Crippen LogP contribution in [0, 0.1) is 5.92 Å². The third kappa shape index (κ3) is 3.03. The molecule has 0 saturated heterocycles. The van der Waals surface area contributed by atoms with Gasteiger partial charge in [-0.15, -0.1) is 0 Å². The van der Waals surface area contributed by atoms with Gasteiger partial charge in [0.2, 0.25) is 0 Å². The summed E-state index contributed by atoms with van der Waals surface area (Å²) in [6.07, 6.45) is 8.86. The molecule has 1 aromatic rings. The van der Waals surface area contributed by atoms with Gasteiger partial charge in [-0.1, -0.05) is 19.9 Å². The minimum Gasteiger partial charge on any atom is -0.345 e. The second-order valence-corrected chi connectivity index (χ2v) is 3.01. The van der Waals surface area contributed by atoms with Crippen LogP contribution in [-0.2, 0) is 0 Å². The zero-order chi connectivity index (χ0) is 8.10. The van der Waals surface area contributed by atoms with Gasteiger partial charge < -0.3 is 4.98 Å². The maximum absolute atomic E-state index is 4.07. The highest BCUT2D eigenvalue weighted by atomic mass is 14.9. The number of nitrogens with zero attached hydrogens (tertiary/aromatic N) is 1. The van der Waals surface area contributed by atoms with Gasteiger partial charge >= 0.3 is 0 Å². The number of hydrogen-bond acceptors (Lipinski definition) is 1. The second kappa shape index (κ2) is 3.96. The molecule has 1 rings (SSSR count). The largest absolute Gasteiger partial charge is 0.345 e. The molecule has 1 aromatic heterocycles. The molecule has 0 aliphatic heterocycles. The highest BCUT2D eigenvalue weighted by Crippen LogP contribution is 2.02. The number of imidazole rings is 1. The van der Waals surface area contributed by atoms with E-state index in [0.29, 0.717) is 0 Å². The minimum absolute atomic E-state index is 0.723. The molecule has 1 N–H and O–H groups in total. The highest BCUT2D eigenvalue weighted by molar-refractivity contribution is 5.38. The van der Waals surface area contributed by atoms with Crippen LogP contribution in [0.15, 0.2) is 18.5 Å². The molecule has 60 valence electrons. The number of hydrogen-bond donors (Lipinski definition) is 1. The molecule has 0 aromatic carbocycles. The van der Waals surface area contributed by atoms with Gasteiger partial charge in [0.1, 0.15) is 5.82 Å². The van der Waals surface area contributed by atoms with Crippen LogP contribution >= 0.6 is 0 Å². The fourth-order valence-electron chi connectivity index (χ4n) is 0.820. The molecule has 0 aliphatic rings. The van der Waals surface area contributed by atoms with Crippen molar-refractivity contribution in [3.8, 4) is 0 Å². The lowest BCUT2D eigenvalue weighted by Crippen LogP contribution is -1.81. The van der Waals surface area contributed by atoms with Crippen LogP contribution in [0.25, 0.3) is 6.08 Å². The lowest BCUT2D eigenvalue weighted by atomic mass is 10.1. The van der Waals surface area contributed by atoms with Crippen molar-refractivity contribution in [2.24, 2.45) is 5.92 Å². The predicted molar refractivity (Wildman–Crippen MR) is 47.1 cm³/mol. The zero-order valence-electron chi connectivity index (χ0n) is 7.04. The minimum atomic E-state index is 0.723. The highest BCUT2D eigenvalue weighted by Gasteiger charge is 1.88. The standard InChI is InChI=1S/C9H14N2/c1-8(2)4-3-5-9-10-6-7-11-9/h3,5-8H,4H2,1-2H3,(H,10,11)/b5-3-. The third-order valence-electron chi connectivity index (χ3n) is 1.40. The van der Waals surface area contributed by atoms with Gasteiger partial charge in [-0.2, -0.15) is 0 Å². The van der Waals surface area contributed by atoms with Gasteiger partial charge in [0.25, 0.3) is 0 Å². The van der Waals surface area contributed by atoms with E-state index < -0.39 is 0 Å². The fraction of sp³-hybridized carbons (Fsp3) is 0.444. The summed E-state index contributed by atoms with van der Waals surface area (Å²) in [5, 5.41) is 0. The molecule has 0 unspecified atom stereocenters. The van der Waals surface area contributed by atoms with Gasteiger partial charge in [0, 0.05) is 12.4 Å². The van der Waals surface area contributed by atoms with Crippen LogP contribution in [0.1, 0.15) is 26.1 Å². The van der Waals surface area contributed by atoms with Crippen molar-refractivity contribution in [1.82, 2.24) is 9.97 Å². The predicted octanol–water partition coefficient (Wildman–Crippen LogP) is 2.47. The molecular weight excluding hydrogens is 136 g/mol. The van der Waals surface area contributed by atoms with E-state index in [1.807, 2.05) is 12.3 Å². The SMILES string of the molecule is CC(C)C/C=C\c1ncc[nH]1. The van der Waals surface area contributed by atoms with Crippen molar-refractivity contribution in [3.05, 3.63) is 24.3 Å². The van der Waals surface area contributed by atoms with E-state index in [0.717, 1.165) is 18.2 Å². The number of rotatable bonds is 3. The zero-order valence-corrected chi connectivity index (χ0v) is 7.04.